The van der Waals surface area contributed by atoms with Gasteiger partial charge in [0.2, 0.25) is 0 Å². The fraction of sp³-hybridized carbons (Fsp3) is 0.875. The molecular weight excluding hydrogens is 158 g/mol. The van der Waals surface area contributed by atoms with Crippen LogP contribution in [0, 0.1) is 0 Å². The van der Waals surface area contributed by atoms with Crippen molar-refractivity contribution in [2.24, 2.45) is 0 Å². The molecule has 0 unspecified atom stereocenters. The third kappa shape index (κ3) is 14.5. The summed E-state index contributed by atoms with van der Waals surface area (Å²) in [7, 11) is 0. The molecule has 0 aromatic heterocycles. The van der Waals surface area contributed by atoms with Crippen LogP contribution in [0.3, 0.4) is 0 Å². The zero-order valence-electron chi connectivity index (χ0n) is 8.15. The van der Waals surface area contributed by atoms with Crippen molar-refractivity contribution >= 4 is 60.5 Å². The Bertz CT molecular complexity index is 94.1. The number of hydrogen-bond donors (Lipinski definition) is 0. The van der Waals surface area contributed by atoms with Crippen molar-refractivity contribution < 1.29 is 4.79 Å². The summed E-state index contributed by atoms with van der Waals surface area (Å²) in [6, 6.07) is 0. The number of carbonyl (C=O) groups excluding carboxylic acids is 1. The minimum atomic E-state index is 0. The first-order valence-corrected chi connectivity index (χ1v) is 5.26. The first kappa shape index (κ1) is 15.2. The van der Waals surface area contributed by atoms with Crippen LogP contribution in [-0.4, -0.2) is 60.5 Å². The van der Waals surface area contributed by atoms with E-state index in [0.29, 0.717) is 3.03 Å². The maximum absolute atomic E-state index is 10.5. The normalized spacial score (nSPS) is 9.00. The van der Waals surface area contributed by atoms with Gasteiger partial charge in [0.1, 0.15) is 0 Å². The summed E-state index contributed by atoms with van der Waals surface area (Å²) in [6.45, 7) is 2.21. The minimum absolute atomic E-state index is 0. The van der Waals surface area contributed by atoms with Gasteiger partial charge in [0, 0.05) is 29.6 Å². The predicted molar refractivity (Wildman–Crippen MR) is 49.9 cm³/mol. The van der Waals surface area contributed by atoms with Crippen molar-refractivity contribution in [3.8, 4) is 0 Å². The van der Waals surface area contributed by atoms with Gasteiger partial charge in [0.25, 0.3) is 0 Å². The first-order valence-electron chi connectivity index (χ1n) is 4.26. The van der Waals surface area contributed by atoms with Gasteiger partial charge in [-0.1, -0.05) is 0 Å². The molecule has 0 rings (SSSR count). The smallest absolute Gasteiger partial charge is 0 e. The van der Waals surface area contributed by atoms with E-state index >= 15 is 0 Å². The van der Waals surface area contributed by atoms with E-state index in [-0.39, 0.29) is 29.6 Å². The molecule has 0 aliphatic rings. The van der Waals surface area contributed by atoms with Crippen LogP contribution in [-0.2, 0) is 4.79 Å². The molecule has 0 aliphatic heterocycles. The zero-order valence-corrected chi connectivity index (χ0v) is 12.2. The van der Waals surface area contributed by atoms with E-state index in [4.69, 9.17) is 0 Å². The molecule has 0 N–H and O–H groups in total. The second kappa shape index (κ2) is 11.7. The quantitative estimate of drug-likeness (QED) is 0.441. The van der Waals surface area contributed by atoms with Crippen LogP contribution < -0.4 is 0 Å². The third-order valence-electron chi connectivity index (χ3n) is 1.63. The Balaban J connectivity index is 0. The Hall–Kier alpha value is 1.67. The molecule has 0 bridgehead atoms. The van der Waals surface area contributed by atoms with Crippen LogP contribution in [0.4, 0.5) is 0 Å². The topological polar surface area (TPSA) is 17.1 Å². The monoisotopic (exact) mass is 173 g/mol. The summed E-state index contributed by atoms with van der Waals surface area (Å²) < 4.78 is 0.469. The molecule has 55 valence electrons. The first-order chi connectivity index (χ1) is 4.77. The van der Waals surface area contributed by atoms with Gasteiger partial charge in [-0.3, -0.25) is 0 Å². The Morgan fingerprint density at radius 2 is 1.73 bits per heavy atom. The third-order valence-corrected chi connectivity index (χ3v) is 2.13. The molecule has 0 aromatic rings. The van der Waals surface area contributed by atoms with Crippen LogP contribution in [0.5, 0.6) is 0 Å². The number of hydrogen-bond acceptors (Lipinski definition) is 1. The van der Waals surface area contributed by atoms with Crippen molar-refractivity contribution in [1.29, 1.82) is 0 Å². The fourth-order valence-corrected chi connectivity index (χ4v) is 1.33. The molecule has 0 spiro atoms. The summed E-state index contributed by atoms with van der Waals surface area (Å²) in [5, 5.41) is 0. The van der Waals surface area contributed by atoms with E-state index in [1.807, 2.05) is 0 Å². The van der Waals surface area contributed by atoms with E-state index in [0.717, 1.165) is 40.8 Å². The Morgan fingerprint density at radius 1 is 1.18 bits per heavy atom. The molecule has 0 saturated heterocycles. The summed E-state index contributed by atoms with van der Waals surface area (Å²) >= 11 is 0.749. The second-order valence-corrected chi connectivity index (χ2v) is 3.98. The average molecular weight is 173 g/mol. The number of rotatable bonds is 6. The van der Waals surface area contributed by atoms with Gasteiger partial charge in [-0.15, -0.1) is 0 Å². The van der Waals surface area contributed by atoms with Crippen molar-refractivity contribution in [2.45, 2.75) is 45.4 Å². The molecule has 0 aliphatic carbocycles. The molecule has 1 nitrogen and oxygen atoms in total. The zero-order chi connectivity index (χ0) is 7.82. The van der Waals surface area contributed by atoms with E-state index in [9.17, 15) is 4.79 Å². The maximum atomic E-state index is 10.5. The van der Waals surface area contributed by atoms with Gasteiger partial charge < -0.3 is 0 Å². The molecule has 0 aromatic carbocycles. The summed E-state index contributed by atoms with van der Waals surface area (Å²) in [5.74, 6) is 0. The summed E-state index contributed by atoms with van der Waals surface area (Å²) in [5.41, 5.74) is 0. The van der Waals surface area contributed by atoms with Gasteiger partial charge in [0.15, 0.2) is 0 Å². The Labute approximate surface area is 109 Å². The summed E-state index contributed by atoms with van der Waals surface area (Å²) in [6.07, 6.45) is 7.15. The van der Waals surface area contributed by atoms with Gasteiger partial charge in [-0.25, -0.2) is 0 Å². The van der Waals surface area contributed by atoms with Crippen LogP contribution >= 0.6 is 0 Å². The molecule has 0 atom stereocenters. The molecular formula is C8H15Na2O. The molecule has 0 amide bonds. The maximum Gasteiger partial charge on any atom is 0 e. The number of carbonyl (C=O) groups is 1. The van der Waals surface area contributed by atoms with E-state index in [2.05, 4.69) is 6.92 Å². The van der Waals surface area contributed by atoms with Crippen LogP contribution in [0.25, 0.3) is 0 Å². The van der Waals surface area contributed by atoms with Gasteiger partial charge in [0.05, 0.1) is 0 Å². The minimum Gasteiger partial charge on any atom is 0 e. The molecule has 0 saturated carbocycles. The molecule has 1 radical (unpaired) electrons. The van der Waals surface area contributed by atoms with Crippen molar-refractivity contribution in [1.82, 2.24) is 0 Å². The molecule has 0 fully saturated rings. The van der Waals surface area contributed by atoms with Crippen LogP contribution in [0.15, 0.2) is 0 Å². The predicted octanol–water partition coefficient (Wildman–Crippen LogP) is 1.66. The van der Waals surface area contributed by atoms with Crippen LogP contribution in [0.2, 0.25) is 0 Å². The fourth-order valence-electron chi connectivity index (χ4n) is 0.977. The van der Waals surface area contributed by atoms with Crippen molar-refractivity contribution in [3.63, 3.8) is 0 Å². The largest absolute Gasteiger partial charge is 0 e. The number of unbranched alkanes of at least 4 members (excludes halogenated alkanes) is 4. The van der Waals surface area contributed by atoms with E-state index < -0.39 is 0 Å². The average Bonchev–Trinajstić information content (AvgIpc) is 1.87. The Kier molecular flexibility index (Phi) is 16.1. The van der Waals surface area contributed by atoms with Gasteiger partial charge in [-0.05, 0) is 0 Å². The van der Waals surface area contributed by atoms with E-state index in [1.54, 1.807) is 0 Å². The standard InChI is InChI=1S/C8H15O.2Na/c1-2-3-4-5-6-7-8-9;;/h2-7H2,1H3;;. The van der Waals surface area contributed by atoms with E-state index in [1.165, 1.54) is 25.7 Å². The Morgan fingerprint density at radius 3 is 2.18 bits per heavy atom. The molecule has 3 heteroatoms. The van der Waals surface area contributed by atoms with Crippen LogP contribution in [0.1, 0.15) is 45.4 Å². The van der Waals surface area contributed by atoms with Gasteiger partial charge in [-0.2, -0.15) is 0 Å². The molecule has 11 heavy (non-hydrogen) atoms. The van der Waals surface area contributed by atoms with Gasteiger partial charge >= 0.3 is 81.2 Å². The molecule has 0 heterocycles. The van der Waals surface area contributed by atoms with Crippen molar-refractivity contribution in [3.05, 3.63) is 0 Å². The SMILES string of the molecule is CCCCCCC[C](=O)[Na].[Na]. The van der Waals surface area contributed by atoms with Crippen molar-refractivity contribution in [2.75, 3.05) is 0 Å². The second-order valence-electron chi connectivity index (χ2n) is 2.87. The summed E-state index contributed by atoms with van der Waals surface area (Å²) in [4.78, 5) is 10.5.